The van der Waals surface area contributed by atoms with Gasteiger partial charge >= 0.3 is 0 Å². The van der Waals surface area contributed by atoms with Crippen molar-refractivity contribution in [1.29, 1.82) is 0 Å². The van der Waals surface area contributed by atoms with Crippen LogP contribution in [0.1, 0.15) is 37.2 Å². The Labute approximate surface area is 176 Å². The normalized spacial score (nSPS) is 18.8. The largest absolute Gasteiger partial charge is 0.342 e. The maximum Gasteiger partial charge on any atom is 0.258 e. The van der Waals surface area contributed by atoms with Crippen LogP contribution in [0, 0.1) is 0 Å². The molecule has 1 aromatic carbocycles. The number of halogens is 2. The number of fused-ring (bicyclic) bond motifs is 1. The van der Waals surface area contributed by atoms with Gasteiger partial charge in [0.05, 0.1) is 27.2 Å². The smallest absolute Gasteiger partial charge is 0.258 e. The van der Waals surface area contributed by atoms with E-state index in [4.69, 9.17) is 23.2 Å². The minimum Gasteiger partial charge on any atom is -0.342 e. The van der Waals surface area contributed by atoms with E-state index in [1.165, 1.54) is 0 Å². The van der Waals surface area contributed by atoms with Crippen molar-refractivity contribution in [2.75, 3.05) is 28.6 Å². The summed E-state index contributed by atoms with van der Waals surface area (Å²) in [4.78, 5) is 47.1. The van der Waals surface area contributed by atoms with E-state index in [9.17, 15) is 14.4 Å². The number of aromatic amines is 1. The molecular weight excluding hydrogens is 417 g/mol. The average Bonchev–Trinajstić information content (AvgIpc) is 2.71. The number of benzene rings is 1. The number of H-pyrrole nitrogens is 1. The molecule has 0 aliphatic carbocycles. The Balaban J connectivity index is 1.66. The molecule has 2 amide bonds. The van der Waals surface area contributed by atoms with Crippen LogP contribution in [0.25, 0.3) is 0 Å². The van der Waals surface area contributed by atoms with Gasteiger partial charge < -0.3 is 15.5 Å². The quantitative estimate of drug-likeness (QED) is 0.686. The molecule has 8 nitrogen and oxygen atoms in total. The maximum atomic E-state index is 12.9. The predicted molar refractivity (Wildman–Crippen MR) is 112 cm³/mol. The van der Waals surface area contributed by atoms with E-state index in [1.807, 2.05) is 4.90 Å². The van der Waals surface area contributed by atoms with Gasteiger partial charge in [-0.3, -0.25) is 19.4 Å². The second-order valence-electron chi connectivity index (χ2n) is 7.10. The number of rotatable bonds is 3. The van der Waals surface area contributed by atoms with Crippen molar-refractivity contribution < 1.29 is 9.59 Å². The Hall–Kier alpha value is -2.58. The number of hydrogen-bond donors (Lipinski definition) is 3. The molecule has 0 spiro atoms. The number of aromatic nitrogens is 2. The molecular formula is C19H19Cl2N5O3. The van der Waals surface area contributed by atoms with E-state index in [1.54, 1.807) is 18.2 Å². The molecule has 29 heavy (non-hydrogen) atoms. The number of carbonyl (C=O) groups excluding carboxylic acids is 2. The third kappa shape index (κ3) is 3.95. The fourth-order valence-corrected chi connectivity index (χ4v) is 4.01. The van der Waals surface area contributed by atoms with E-state index in [0.29, 0.717) is 11.6 Å². The van der Waals surface area contributed by atoms with E-state index in [2.05, 4.69) is 20.6 Å². The van der Waals surface area contributed by atoms with Crippen LogP contribution in [-0.4, -0.2) is 34.9 Å². The van der Waals surface area contributed by atoms with Gasteiger partial charge in [0.15, 0.2) is 0 Å². The fraction of sp³-hybridized carbons (Fsp3) is 0.368. The fourth-order valence-electron chi connectivity index (χ4n) is 3.66. The number of carbonyl (C=O) groups is 2. The Kier molecular flexibility index (Phi) is 5.47. The number of amides is 2. The Morgan fingerprint density at radius 3 is 2.69 bits per heavy atom. The maximum absolute atomic E-state index is 12.9. The van der Waals surface area contributed by atoms with Gasteiger partial charge in [0.2, 0.25) is 17.8 Å². The lowest BCUT2D eigenvalue weighted by molar-refractivity contribution is -0.123. The highest BCUT2D eigenvalue weighted by Gasteiger charge is 2.35. The van der Waals surface area contributed by atoms with Gasteiger partial charge in [0.25, 0.3) is 5.56 Å². The zero-order chi connectivity index (χ0) is 20.5. The van der Waals surface area contributed by atoms with Gasteiger partial charge in [-0.05, 0) is 31.4 Å². The molecule has 1 fully saturated rings. The van der Waals surface area contributed by atoms with Crippen LogP contribution < -0.4 is 21.1 Å². The monoisotopic (exact) mass is 435 g/mol. The molecule has 2 aliphatic heterocycles. The zero-order valence-electron chi connectivity index (χ0n) is 15.4. The van der Waals surface area contributed by atoms with Crippen molar-refractivity contribution in [3.05, 3.63) is 44.2 Å². The Morgan fingerprint density at radius 2 is 1.93 bits per heavy atom. The third-order valence-corrected chi connectivity index (χ3v) is 5.94. The van der Waals surface area contributed by atoms with Gasteiger partial charge in [-0.15, -0.1) is 0 Å². The SMILES string of the molecule is O=C1C[C@@H](C(=O)Nc2cccc(Cl)c2Cl)c2c(nc(N3CCCCC3)[nH]c2=O)N1. The molecule has 2 aliphatic rings. The molecule has 2 aromatic rings. The lowest BCUT2D eigenvalue weighted by Crippen LogP contribution is -2.38. The molecule has 1 saturated heterocycles. The van der Waals surface area contributed by atoms with E-state index < -0.39 is 17.4 Å². The average molecular weight is 436 g/mol. The highest BCUT2D eigenvalue weighted by atomic mass is 35.5. The summed E-state index contributed by atoms with van der Waals surface area (Å²) >= 11 is 12.1. The van der Waals surface area contributed by atoms with E-state index >= 15 is 0 Å². The van der Waals surface area contributed by atoms with E-state index in [-0.39, 0.29) is 33.8 Å². The number of nitrogens with one attached hydrogen (secondary N) is 3. The number of piperidine rings is 1. The molecule has 3 N–H and O–H groups in total. The first-order chi connectivity index (χ1) is 13.9. The summed E-state index contributed by atoms with van der Waals surface area (Å²) in [6, 6.07) is 4.84. The van der Waals surface area contributed by atoms with Crippen molar-refractivity contribution in [2.24, 2.45) is 0 Å². The van der Waals surface area contributed by atoms with E-state index in [0.717, 1.165) is 32.4 Å². The summed E-state index contributed by atoms with van der Waals surface area (Å²) in [6.45, 7) is 1.57. The number of anilines is 3. The predicted octanol–water partition coefficient (Wildman–Crippen LogP) is 3.13. The second-order valence-corrected chi connectivity index (χ2v) is 7.88. The molecule has 10 heteroatoms. The number of nitrogens with zero attached hydrogens (tertiary/aromatic N) is 2. The molecule has 152 valence electrons. The van der Waals surface area contributed by atoms with Crippen molar-refractivity contribution >= 4 is 52.5 Å². The van der Waals surface area contributed by atoms with Crippen molar-refractivity contribution in [1.82, 2.24) is 9.97 Å². The first kappa shape index (κ1) is 19.7. The van der Waals surface area contributed by atoms with Gasteiger partial charge in [-0.2, -0.15) is 4.98 Å². The third-order valence-electron chi connectivity index (χ3n) is 5.12. The lowest BCUT2D eigenvalue weighted by Gasteiger charge is -2.29. The topological polar surface area (TPSA) is 107 Å². The Morgan fingerprint density at radius 1 is 1.17 bits per heavy atom. The summed E-state index contributed by atoms with van der Waals surface area (Å²) in [7, 11) is 0. The molecule has 1 aromatic heterocycles. The second kappa shape index (κ2) is 8.04. The highest BCUT2D eigenvalue weighted by molar-refractivity contribution is 6.44. The van der Waals surface area contributed by atoms with Crippen LogP contribution in [0.3, 0.4) is 0 Å². The van der Waals surface area contributed by atoms with Gasteiger partial charge in [0.1, 0.15) is 5.82 Å². The van der Waals surface area contributed by atoms with Crippen LogP contribution in [-0.2, 0) is 9.59 Å². The first-order valence-corrected chi connectivity index (χ1v) is 10.1. The summed E-state index contributed by atoms with van der Waals surface area (Å²) in [5.74, 6) is -1.35. The van der Waals surface area contributed by atoms with Crippen LogP contribution >= 0.6 is 23.2 Å². The molecule has 0 unspecified atom stereocenters. The van der Waals surface area contributed by atoms with Crippen LogP contribution in [0.2, 0.25) is 10.0 Å². The first-order valence-electron chi connectivity index (χ1n) is 9.38. The van der Waals surface area contributed by atoms with Crippen LogP contribution in [0.5, 0.6) is 0 Å². The van der Waals surface area contributed by atoms with Crippen molar-refractivity contribution in [3.63, 3.8) is 0 Å². The van der Waals surface area contributed by atoms with Gasteiger partial charge in [-0.25, -0.2) is 0 Å². The zero-order valence-corrected chi connectivity index (χ0v) is 16.9. The summed E-state index contributed by atoms with van der Waals surface area (Å²) in [5.41, 5.74) is 0.0138. The molecule has 1 atom stereocenters. The molecule has 0 radical (unpaired) electrons. The summed E-state index contributed by atoms with van der Waals surface area (Å²) in [5, 5.41) is 5.77. The van der Waals surface area contributed by atoms with Gasteiger partial charge in [0, 0.05) is 19.5 Å². The van der Waals surface area contributed by atoms with Gasteiger partial charge in [-0.1, -0.05) is 29.3 Å². The van der Waals surface area contributed by atoms with Crippen molar-refractivity contribution in [3.8, 4) is 0 Å². The van der Waals surface area contributed by atoms with Crippen LogP contribution in [0.4, 0.5) is 17.5 Å². The van der Waals surface area contributed by atoms with Crippen molar-refractivity contribution in [2.45, 2.75) is 31.6 Å². The minimum absolute atomic E-state index is 0.128. The standard InChI is InChI=1S/C19H19Cl2N5O3/c20-11-5-4-6-12(15(11)21)22-17(28)10-9-13(27)23-16-14(10)18(29)25-19(24-16)26-7-2-1-3-8-26/h4-6,10H,1-3,7-9H2,(H,22,28)(H2,23,24,25,27,29)/t10-/m1/s1. The summed E-state index contributed by atoms with van der Waals surface area (Å²) < 4.78 is 0. The van der Waals surface area contributed by atoms with Crippen LogP contribution in [0.15, 0.2) is 23.0 Å². The lowest BCUT2D eigenvalue weighted by atomic mass is 9.92. The molecule has 0 bridgehead atoms. The minimum atomic E-state index is -0.986. The molecule has 0 saturated carbocycles. The number of hydrogen-bond acceptors (Lipinski definition) is 5. The summed E-state index contributed by atoms with van der Waals surface area (Å²) in [6.07, 6.45) is 3.00. The molecule has 3 heterocycles. The Bertz CT molecular complexity index is 1030. The molecule has 4 rings (SSSR count). The highest BCUT2D eigenvalue weighted by Crippen LogP contribution is 2.33.